The van der Waals surface area contributed by atoms with Crippen molar-refractivity contribution in [2.75, 3.05) is 18.9 Å². The summed E-state index contributed by atoms with van der Waals surface area (Å²) in [5, 5.41) is 3.38. The Labute approximate surface area is 110 Å². The van der Waals surface area contributed by atoms with Gasteiger partial charge in [0.15, 0.2) is 0 Å². The first kappa shape index (κ1) is 13.4. The molecule has 0 saturated heterocycles. The minimum Gasteiger partial charge on any atom is -0.398 e. The molecule has 0 radical (unpaired) electrons. The van der Waals surface area contributed by atoms with Crippen LogP contribution < -0.4 is 11.1 Å². The summed E-state index contributed by atoms with van der Waals surface area (Å²) in [5.74, 6) is 0. The van der Waals surface area contributed by atoms with Gasteiger partial charge in [0.05, 0.1) is 12.7 Å². The lowest BCUT2D eigenvalue weighted by molar-refractivity contribution is 0.0302. The molecule has 1 aliphatic rings. The maximum Gasteiger partial charge on any atom is 0.0594 e. The minimum absolute atomic E-state index is 0.502. The van der Waals surface area contributed by atoms with Crippen molar-refractivity contribution >= 4 is 5.69 Å². The lowest BCUT2D eigenvalue weighted by Gasteiger charge is -2.22. The van der Waals surface area contributed by atoms with Gasteiger partial charge in [0, 0.05) is 18.8 Å². The monoisotopic (exact) mass is 248 g/mol. The molecule has 18 heavy (non-hydrogen) atoms. The van der Waals surface area contributed by atoms with Crippen molar-refractivity contribution in [2.24, 2.45) is 0 Å². The van der Waals surface area contributed by atoms with Crippen LogP contribution in [-0.4, -0.2) is 19.3 Å². The van der Waals surface area contributed by atoms with E-state index < -0.39 is 0 Å². The Kier molecular flexibility index (Phi) is 5.49. The number of nitrogens with one attached hydrogen (secondary N) is 1. The normalized spacial score (nSPS) is 16.9. The Morgan fingerprint density at radius 2 is 1.94 bits per heavy atom. The molecule has 1 aromatic carbocycles. The predicted molar refractivity (Wildman–Crippen MR) is 75.4 cm³/mol. The van der Waals surface area contributed by atoms with Crippen LogP contribution in [-0.2, 0) is 11.3 Å². The molecular formula is C15H24N2O. The molecule has 3 heteroatoms. The molecule has 3 nitrogen and oxygen atoms in total. The Hall–Kier alpha value is -1.06. The third-order valence-corrected chi connectivity index (χ3v) is 3.56. The third kappa shape index (κ3) is 4.31. The summed E-state index contributed by atoms with van der Waals surface area (Å²) in [6.07, 6.45) is 7.03. The molecule has 3 N–H and O–H groups in total. The van der Waals surface area contributed by atoms with Crippen molar-refractivity contribution in [3.05, 3.63) is 29.8 Å². The molecule has 1 aliphatic carbocycles. The number of rotatable bonds is 6. The van der Waals surface area contributed by atoms with Crippen molar-refractivity contribution < 1.29 is 4.74 Å². The van der Waals surface area contributed by atoms with E-state index in [0.29, 0.717) is 6.10 Å². The number of hydrogen-bond acceptors (Lipinski definition) is 3. The van der Waals surface area contributed by atoms with E-state index in [1.165, 1.54) is 32.1 Å². The molecular weight excluding hydrogens is 224 g/mol. The van der Waals surface area contributed by atoms with Gasteiger partial charge in [-0.3, -0.25) is 0 Å². The number of anilines is 1. The summed E-state index contributed by atoms with van der Waals surface area (Å²) in [6.45, 7) is 2.52. The van der Waals surface area contributed by atoms with Gasteiger partial charge in [-0.1, -0.05) is 37.5 Å². The smallest absolute Gasteiger partial charge is 0.0594 e. The topological polar surface area (TPSA) is 47.3 Å². The summed E-state index contributed by atoms with van der Waals surface area (Å²) in [4.78, 5) is 0. The number of ether oxygens (including phenoxy) is 1. The van der Waals surface area contributed by atoms with E-state index in [4.69, 9.17) is 10.5 Å². The van der Waals surface area contributed by atoms with Crippen LogP contribution >= 0.6 is 0 Å². The van der Waals surface area contributed by atoms with E-state index in [0.717, 1.165) is 30.9 Å². The van der Waals surface area contributed by atoms with Crippen LogP contribution in [0, 0.1) is 0 Å². The second-order valence-corrected chi connectivity index (χ2v) is 5.01. The first-order valence-electron chi connectivity index (χ1n) is 7.02. The van der Waals surface area contributed by atoms with Crippen LogP contribution in [0.15, 0.2) is 24.3 Å². The van der Waals surface area contributed by atoms with Crippen LogP contribution in [0.25, 0.3) is 0 Å². The highest BCUT2D eigenvalue weighted by Crippen LogP contribution is 2.19. The zero-order valence-corrected chi connectivity index (χ0v) is 11.0. The van der Waals surface area contributed by atoms with Crippen molar-refractivity contribution in [1.82, 2.24) is 5.32 Å². The molecule has 0 atom stereocenters. The highest BCUT2D eigenvalue weighted by Gasteiger charge is 2.12. The van der Waals surface area contributed by atoms with Gasteiger partial charge in [0.25, 0.3) is 0 Å². The molecule has 1 saturated carbocycles. The molecule has 0 unspecified atom stereocenters. The zero-order valence-electron chi connectivity index (χ0n) is 11.0. The molecule has 1 aromatic rings. The van der Waals surface area contributed by atoms with Gasteiger partial charge in [-0.25, -0.2) is 0 Å². The van der Waals surface area contributed by atoms with Gasteiger partial charge >= 0.3 is 0 Å². The first-order chi connectivity index (χ1) is 8.86. The van der Waals surface area contributed by atoms with Gasteiger partial charge in [-0.2, -0.15) is 0 Å². The van der Waals surface area contributed by atoms with Crippen molar-refractivity contribution in [2.45, 2.75) is 44.8 Å². The Morgan fingerprint density at radius 3 is 2.72 bits per heavy atom. The van der Waals surface area contributed by atoms with Crippen LogP contribution in [0.1, 0.15) is 37.7 Å². The van der Waals surface area contributed by atoms with Gasteiger partial charge in [0.1, 0.15) is 0 Å². The molecule has 100 valence electrons. The van der Waals surface area contributed by atoms with Crippen LogP contribution in [0.3, 0.4) is 0 Å². The fourth-order valence-corrected chi connectivity index (χ4v) is 2.45. The molecule has 0 spiro atoms. The lowest BCUT2D eigenvalue weighted by Crippen LogP contribution is -2.24. The maximum absolute atomic E-state index is 5.88. The SMILES string of the molecule is Nc1ccccc1CNCCOC1CCCCC1. The number of hydrogen-bond donors (Lipinski definition) is 2. The second kappa shape index (κ2) is 7.39. The predicted octanol–water partition coefficient (Wildman–Crippen LogP) is 2.71. The summed E-state index contributed by atoms with van der Waals surface area (Å²) in [6, 6.07) is 7.98. The third-order valence-electron chi connectivity index (χ3n) is 3.56. The van der Waals surface area contributed by atoms with Crippen molar-refractivity contribution in [3.8, 4) is 0 Å². The molecule has 1 fully saturated rings. The Balaban J connectivity index is 1.57. The van der Waals surface area contributed by atoms with Gasteiger partial charge in [0.2, 0.25) is 0 Å². The Morgan fingerprint density at radius 1 is 1.17 bits per heavy atom. The van der Waals surface area contributed by atoms with E-state index in [2.05, 4.69) is 11.4 Å². The van der Waals surface area contributed by atoms with E-state index in [9.17, 15) is 0 Å². The Bertz CT molecular complexity index is 348. The minimum atomic E-state index is 0.502. The molecule has 2 rings (SSSR count). The van der Waals surface area contributed by atoms with Gasteiger partial charge < -0.3 is 15.8 Å². The van der Waals surface area contributed by atoms with Crippen LogP contribution in [0.2, 0.25) is 0 Å². The molecule has 0 amide bonds. The second-order valence-electron chi connectivity index (χ2n) is 5.01. The maximum atomic E-state index is 5.88. The van der Waals surface area contributed by atoms with Crippen LogP contribution in [0.5, 0.6) is 0 Å². The lowest BCUT2D eigenvalue weighted by atomic mass is 9.98. The standard InChI is InChI=1S/C15H24N2O/c16-15-9-5-4-6-13(15)12-17-10-11-18-14-7-2-1-3-8-14/h4-6,9,14,17H,1-3,7-8,10-12,16H2. The molecule has 0 bridgehead atoms. The molecule has 0 aromatic heterocycles. The zero-order chi connectivity index (χ0) is 12.6. The highest BCUT2D eigenvalue weighted by molar-refractivity contribution is 5.46. The molecule has 0 aliphatic heterocycles. The average Bonchev–Trinajstić information content (AvgIpc) is 2.42. The quantitative estimate of drug-likeness (QED) is 0.601. The summed E-state index contributed by atoms with van der Waals surface area (Å²) >= 11 is 0. The van der Waals surface area contributed by atoms with Crippen molar-refractivity contribution in [3.63, 3.8) is 0 Å². The van der Waals surface area contributed by atoms with E-state index >= 15 is 0 Å². The van der Waals surface area contributed by atoms with Gasteiger partial charge in [-0.05, 0) is 24.5 Å². The summed E-state index contributed by atoms with van der Waals surface area (Å²) in [5.41, 5.74) is 7.90. The number of nitrogens with two attached hydrogens (primary N) is 1. The summed E-state index contributed by atoms with van der Waals surface area (Å²) < 4.78 is 5.86. The fourth-order valence-electron chi connectivity index (χ4n) is 2.45. The number of para-hydroxylation sites is 1. The van der Waals surface area contributed by atoms with Crippen molar-refractivity contribution in [1.29, 1.82) is 0 Å². The van der Waals surface area contributed by atoms with Gasteiger partial charge in [-0.15, -0.1) is 0 Å². The average molecular weight is 248 g/mol. The van der Waals surface area contributed by atoms with Crippen LogP contribution in [0.4, 0.5) is 5.69 Å². The largest absolute Gasteiger partial charge is 0.398 e. The van der Waals surface area contributed by atoms with E-state index in [-0.39, 0.29) is 0 Å². The number of nitrogen functional groups attached to an aromatic ring is 1. The summed E-state index contributed by atoms with van der Waals surface area (Å²) in [7, 11) is 0. The van der Waals surface area contributed by atoms with E-state index in [1.54, 1.807) is 0 Å². The molecule has 0 heterocycles. The first-order valence-corrected chi connectivity index (χ1v) is 7.02. The van der Waals surface area contributed by atoms with E-state index in [1.807, 2.05) is 18.2 Å². The number of benzene rings is 1. The highest BCUT2D eigenvalue weighted by atomic mass is 16.5. The fraction of sp³-hybridized carbons (Fsp3) is 0.600.